The Morgan fingerprint density at radius 2 is 1.79 bits per heavy atom. The summed E-state index contributed by atoms with van der Waals surface area (Å²) in [7, 11) is 0. The normalized spacial score (nSPS) is 30.4. The minimum Gasteiger partial charge on any atom is -0.494 e. The number of aliphatic hydroxyl groups is 1. The summed E-state index contributed by atoms with van der Waals surface area (Å²) in [5.41, 5.74) is -1.95. The highest BCUT2D eigenvalue weighted by molar-refractivity contribution is 6.02. The van der Waals surface area contributed by atoms with E-state index in [-0.39, 0.29) is 36.3 Å². The van der Waals surface area contributed by atoms with Crippen molar-refractivity contribution in [2.75, 3.05) is 25.1 Å². The van der Waals surface area contributed by atoms with Crippen LogP contribution in [0.1, 0.15) is 67.7 Å². The van der Waals surface area contributed by atoms with Gasteiger partial charge in [0.15, 0.2) is 0 Å². The Morgan fingerprint density at radius 1 is 1.13 bits per heavy atom. The molecule has 0 radical (unpaired) electrons. The number of carbonyl (C=O) groups excluding carboxylic acids is 3. The van der Waals surface area contributed by atoms with Gasteiger partial charge in [0.05, 0.1) is 30.7 Å². The second-order valence-electron chi connectivity index (χ2n) is 13.0. The van der Waals surface area contributed by atoms with Gasteiger partial charge >= 0.3 is 0 Å². The molecule has 0 aliphatic carbocycles. The summed E-state index contributed by atoms with van der Waals surface area (Å²) in [5, 5.41) is 15.9. The van der Waals surface area contributed by atoms with Crippen molar-refractivity contribution in [2.45, 2.75) is 90.5 Å². The van der Waals surface area contributed by atoms with E-state index in [9.17, 15) is 19.5 Å². The van der Waals surface area contributed by atoms with Gasteiger partial charge in [-0.2, -0.15) is 0 Å². The monoisotopic (exact) mass is 529 g/mol. The predicted molar refractivity (Wildman–Crippen MR) is 144 cm³/mol. The average Bonchev–Trinajstić information content (AvgIpc) is 3.34. The van der Waals surface area contributed by atoms with E-state index in [4.69, 9.17) is 9.47 Å². The number of hydrogen-bond donors (Lipinski definition) is 3. The van der Waals surface area contributed by atoms with Crippen molar-refractivity contribution in [3.05, 3.63) is 24.3 Å². The SMILES string of the molecule is CCOc1ccc(NC(=O)[C@H]2[C@H]3C(=O)N(CCO)C(C(=O)NC(C)(C)CC(C)(C)C)C34CC[C@]2(C)O4)cc1. The Balaban J connectivity index is 1.63. The molecule has 3 N–H and O–H groups in total. The zero-order valence-corrected chi connectivity index (χ0v) is 23.7. The highest BCUT2D eigenvalue weighted by Gasteiger charge is 2.78. The van der Waals surface area contributed by atoms with Crippen LogP contribution in [0.15, 0.2) is 24.3 Å². The van der Waals surface area contributed by atoms with E-state index < -0.39 is 34.6 Å². The van der Waals surface area contributed by atoms with Crippen molar-refractivity contribution in [3.8, 4) is 5.75 Å². The lowest BCUT2D eigenvalue weighted by Gasteiger charge is -2.38. The number of anilines is 1. The molecule has 2 bridgehead atoms. The van der Waals surface area contributed by atoms with Gasteiger partial charge in [0, 0.05) is 17.8 Å². The fourth-order valence-electron chi connectivity index (χ4n) is 7.27. The Kier molecular flexibility index (Phi) is 7.33. The quantitative estimate of drug-likeness (QED) is 0.453. The number of hydrogen-bond acceptors (Lipinski definition) is 6. The topological polar surface area (TPSA) is 117 Å². The van der Waals surface area contributed by atoms with E-state index >= 15 is 0 Å². The molecule has 1 aromatic rings. The molecule has 9 heteroatoms. The van der Waals surface area contributed by atoms with Crippen LogP contribution in [0.3, 0.4) is 0 Å². The maximum absolute atomic E-state index is 13.9. The number of fused-ring (bicyclic) bond motifs is 1. The van der Waals surface area contributed by atoms with Gasteiger partial charge in [0.25, 0.3) is 0 Å². The van der Waals surface area contributed by atoms with Gasteiger partial charge in [-0.05, 0) is 76.6 Å². The van der Waals surface area contributed by atoms with Crippen LogP contribution in [0.25, 0.3) is 0 Å². The maximum atomic E-state index is 13.9. The molecule has 1 spiro atoms. The van der Waals surface area contributed by atoms with Crippen LogP contribution < -0.4 is 15.4 Å². The van der Waals surface area contributed by atoms with E-state index in [1.54, 1.807) is 24.3 Å². The summed E-state index contributed by atoms with van der Waals surface area (Å²) in [6.07, 6.45) is 1.78. The van der Waals surface area contributed by atoms with Crippen molar-refractivity contribution in [1.82, 2.24) is 10.2 Å². The number of ether oxygens (including phenoxy) is 2. The van der Waals surface area contributed by atoms with Crippen LogP contribution in [-0.2, 0) is 19.1 Å². The Labute approximate surface area is 225 Å². The molecule has 4 rings (SSSR count). The highest BCUT2D eigenvalue weighted by Crippen LogP contribution is 2.63. The van der Waals surface area contributed by atoms with E-state index in [0.717, 1.165) is 6.42 Å². The van der Waals surface area contributed by atoms with Gasteiger partial charge in [-0.1, -0.05) is 20.8 Å². The van der Waals surface area contributed by atoms with E-state index in [0.29, 0.717) is 30.9 Å². The van der Waals surface area contributed by atoms with Gasteiger partial charge in [-0.15, -0.1) is 0 Å². The molecule has 210 valence electrons. The zero-order chi connectivity index (χ0) is 28.1. The summed E-state index contributed by atoms with van der Waals surface area (Å²) in [6, 6.07) is 6.16. The number of rotatable bonds is 9. The smallest absolute Gasteiger partial charge is 0.246 e. The highest BCUT2D eigenvalue weighted by atomic mass is 16.5. The lowest BCUT2D eigenvalue weighted by Crippen LogP contribution is -2.59. The Bertz CT molecular complexity index is 1080. The number of amides is 3. The third kappa shape index (κ3) is 5.02. The molecule has 0 aromatic heterocycles. The molecule has 1 aromatic carbocycles. The number of benzene rings is 1. The first-order chi connectivity index (χ1) is 17.7. The molecule has 5 atom stereocenters. The van der Waals surface area contributed by atoms with Crippen LogP contribution in [-0.4, -0.2) is 70.3 Å². The summed E-state index contributed by atoms with van der Waals surface area (Å²) >= 11 is 0. The van der Waals surface area contributed by atoms with Gasteiger partial charge in [0.2, 0.25) is 17.7 Å². The van der Waals surface area contributed by atoms with Crippen molar-refractivity contribution in [3.63, 3.8) is 0 Å². The number of aliphatic hydroxyl groups excluding tert-OH is 1. The fourth-order valence-corrected chi connectivity index (χ4v) is 7.27. The van der Waals surface area contributed by atoms with Crippen LogP contribution in [0.5, 0.6) is 5.75 Å². The molecular formula is C29H43N3O6. The average molecular weight is 530 g/mol. The van der Waals surface area contributed by atoms with Gasteiger partial charge in [-0.25, -0.2) is 0 Å². The summed E-state index contributed by atoms with van der Waals surface area (Å²) in [5.74, 6) is -1.81. The molecular weight excluding hydrogens is 486 g/mol. The van der Waals surface area contributed by atoms with Crippen LogP contribution >= 0.6 is 0 Å². The Morgan fingerprint density at radius 3 is 2.37 bits per heavy atom. The van der Waals surface area contributed by atoms with Crippen LogP contribution in [0, 0.1) is 17.3 Å². The number of nitrogens with one attached hydrogen (secondary N) is 2. The van der Waals surface area contributed by atoms with E-state index in [1.165, 1.54) is 4.90 Å². The van der Waals surface area contributed by atoms with Crippen molar-refractivity contribution in [2.24, 2.45) is 17.3 Å². The second-order valence-corrected chi connectivity index (χ2v) is 13.0. The van der Waals surface area contributed by atoms with Gasteiger partial charge in [-0.3, -0.25) is 14.4 Å². The summed E-state index contributed by atoms with van der Waals surface area (Å²) in [4.78, 5) is 42.9. The molecule has 3 saturated heterocycles. The fraction of sp³-hybridized carbons (Fsp3) is 0.690. The van der Waals surface area contributed by atoms with E-state index in [2.05, 4.69) is 31.4 Å². The zero-order valence-electron chi connectivity index (χ0n) is 23.7. The van der Waals surface area contributed by atoms with Gasteiger partial charge in [0.1, 0.15) is 17.4 Å². The predicted octanol–water partition coefficient (Wildman–Crippen LogP) is 3.11. The number of β-amino-alcohol motifs (C(OH)–C–C–N with tert-alkyl or cyclic N) is 1. The molecule has 3 aliphatic rings. The summed E-state index contributed by atoms with van der Waals surface area (Å²) in [6.45, 7) is 14.3. The molecule has 3 fully saturated rings. The molecule has 0 saturated carbocycles. The van der Waals surface area contributed by atoms with Crippen molar-refractivity contribution < 1.29 is 29.0 Å². The van der Waals surface area contributed by atoms with Crippen LogP contribution in [0.2, 0.25) is 0 Å². The molecule has 38 heavy (non-hydrogen) atoms. The van der Waals surface area contributed by atoms with E-state index in [1.807, 2.05) is 27.7 Å². The molecule has 3 aliphatic heterocycles. The standard InChI is InChI=1S/C29H43N3O6/c1-8-37-19-11-9-18(10-12-19)30-23(34)20-21-25(36)32(15-16-33)22(29(21)14-13-28(20,7)38-29)24(35)31-27(5,6)17-26(2,3)4/h9-12,20-22,33H,8,13-17H2,1-7H3,(H,30,34)(H,31,35)/t20-,21+,22?,28+,29?/m1/s1. The second kappa shape index (κ2) is 9.83. The Hall–Kier alpha value is -2.65. The first kappa shape index (κ1) is 28.4. The van der Waals surface area contributed by atoms with Gasteiger partial charge < -0.3 is 30.1 Å². The third-order valence-corrected chi connectivity index (χ3v) is 8.02. The first-order valence-electron chi connectivity index (χ1n) is 13.6. The lowest BCUT2D eigenvalue weighted by molar-refractivity contribution is -0.146. The first-order valence-corrected chi connectivity index (χ1v) is 13.6. The molecule has 3 heterocycles. The number of carbonyl (C=O) groups is 3. The maximum Gasteiger partial charge on any atom is 0.246 e. The van der Waals surface area contributed by atoms with Crippen molar-refractivity contribution >= 4 is 23.4 Å². The lowest BCUT2D eigenvalue weighted by atomic mass is 9.66. The molecule has 2 unspecified atom stereocenters. The summed E-state index contributed by atoms with van der Waals surface area (Å²) < 4.78 is 12.1. The van der Waals surface area contributed by atoms with Crippen LogP contribution in [0.4, 0.5) is 5.69 Å². The largest absolute Gasteiger partial charge is 0.494 e. The minimum absolute atomic E-state index is 0.00216. The third-order valence-electron chi connectivity index (χ3n) is 8.02. The van der Waals surface area contributed by atoms with Crippen molar-refractivity contribution in [1.29, 1.82) is 0 Å². The molecule has 9 nitrogen and oxygen atoms in total. The molecule has 3 amide bonds. The number of nitrogens with zero attached hydrogens (tertiary/aromatic N) is 1. The number of likely N-dealkylation sites (tertiary alicyclic amines) is 1. The minimum atomic E-state index is -1.12.